The van der Waals surface area contributed by atoms with E-state index in [0.29, 0.717) is 55.5 Å². The molecule has 0 aromatic heterocycles. The summed E-state index contributed by atoms with van der Waals surface area (Å²) in [6.45, 7) is 2.10. The highest BCUT2D eigenvalue weighted by molar-refractivity contribution is 5.83. The third-order valence-corrected chi connectivity index (χ3v) is 7.05. The molecule has 2 fully saturated rings. The van der Waals surface area contributed by atoms with E-state index in [1.807, 2.05) is 24.3 Å². The van der Waals surface area contributed by atoms with Crippen LogP contribution in [-0.4, -0.2) is 65.2 Å². The normalized spacial score (nSPS) is 19.1. The average molecular weight is 495 g/mol. The van der Waals surface area contributed by atoms with Gasteiger partial charge in [0, 0.05) is 19.6 Å². The molecule has 0 unspecified atom stereocenters. The van der Waals surface area contributed by atoms with Crippen LogP contribution in [0.5, 0.6) is 5.75 Å². The van der Waals surface area contributed by atoms with Gasteiger partial charge in [-0.05, 0) is 72.9 Å². The number of carboxylic acid groups (broad SMARTS) is 1. The van der Waals surface area contributed by atoms with E-state index in [1.54, 1.807) is 12.1 Å². The van der Waals surface area contributed by atoms with E-state index >= 15 is 0 Å². The number of carbonyl (C=O) groups is 2. The van der Waals surface area contributed by atoms with Gasteiger partial charge in [0.15, 0.2) is 0 Å². The third-order valence-electron chi connectivity index (χ3n) is 7.05. The highest BCUT2D eigenvalue weighted by Crippen LogP contribution is 2.26. The zero-order valence-electron chi connectivity index (χ0n) is 20.1. The Bertz CT molecular complexity index is 1130. The van der Waals surface area contributed by atoms with Crippen LogP contribution in [0.4, 0.5) is 9.18 Å². The zero-order chi connectivity index (χ0) is 25.7. The van der Waals surface area contributed by atoms with Gasteiger partial charge in [0.05, 0.1) is 18.7 Å². The Kier molecular flexibility index (Phi) is 8.06. The van der Waals surface area contributed by atoms with Crippen LogP contribution in [0.2, 0.25) is 0 Å². The Balaban J connectivity index is 1.31. The number of amides is 2. The molecule has 2 amide bonds. The van der Waals surface area contributed by atoms with Crippen molar-refractivity contribution in [2.24, 2.45) is 11.7 Å². The summed E-state index contributed by atoms with van der Waals surface area (Å²) in [4.78, 5) is 26.6. The highest BCUT2D eigenvalue weighted by atomic mass is 19.1. The second kappa shape index (κ2) is 11.4. The van der Waals surface area contributed by atoms with Crippen LogP contribution in [0.15, 0.2) is 42.5 Å². The fourth-order valence-electron chi connectivity index (χ4n) is 4.84. The first-order valence-electron chi connectivity index (χ1n) is 12.3. The fourth-order valence-corrected chi connectivity index (χ4v) is 4.84. The Morgan fingerprint density at radius 2 is 1.81 bits per heavy atom. The molecule has 0 radical (unpaired) electrons. The van der Waals surface area contributed by atoms with Crippen LogP contribution in [-0.2, 0) is 11.2 Å². The predicted molar refractivity (Wildman–Crippen MR) is 132 cm³/mol. The second-order valence-corrected chi connectivity index (χ2v) is 9.48. The summed E-state index contributed by atoms with van der Waals surface area (Å²) >= 11 is 0. The average Bonchev–Trinajstić information content (AvgIpc) is 3.37. The minimum absolute atomic E-state index is 0.0672. The van der Waals surface area contributed by atoms with Gasteiger partial charge in [-0.1, -0.05) is 24.3 Å². The minimum atomic E-state index is -0.896. The first kappa shape index (κ1) is 25.5. The first-order valence-corrected chi connectivity index (χ1v) is 12.3. The van der Waals surface area contributed by atoms with Crippen molar-refractivity contribution >= 4 is 12.0 Å². The van der Waals surface area contributed by atoms with Crippen LogP contribution in [0.25, 0.3) is 11.1 Å². The van der Waals surface area contributed by atoms with Gasteiger partial charge < -0.3 is 25.4 Å². The summed E-state index contributed by atoms with van der Waals surface area (Å²) in [5.41, 5.74) is 7.97. The summed E-state index contributed by atoms with van der Waals surface area (Å²) in [6, 6.07) is 13.1. The zero-order valence-corrected chi connectivity index (χ0v) is 20.1. The molecule has 8 nitrogen and oxygen atoms in total. The minimum Gasteiger partial charge on any atom is -0.493 e. The Morgan fingerprint density at radius 1 is 1.11 bits per heavy atom. The van der Waals surface area contributed by atoms with E-state index in [2.05, 4.69) is 6.07 Å². The van der Waals surface area contributed by atoms with E-state index in [1.165, 1.54) is 15.9 Å². The molecule has 4 rings (SSSR count). The standard InChI is InChI=1S/C27H31FN4O4/c28-24-14-20(3-4-21(24)15-25(30)26(33)32-11-1-2-22(32)16-29)19-5-7-23(8-6-19)36-17-18-9-12-31(13-10-18)27(34)35/h3-8,14,18,22,25H,1-2,9-13,15,17,30H2,(H,34,35)/t22-,25-/m0/s1. The SMILES string of the molecule is N#C[C@@H]1CCCN1C(=O)[C@@H](N)Cc1ccc(-c2ccc(OCC3CCN(C(=O)O)CC3)cc2)cc1F. The van der Waals surface area contributed by atoms with Crippen LogP contribution in [0.3, 0.4) is 0 Å². The molecule has 2 aliphatic rings. The van der Waals surface area contributed by atoms with Crippen molar-refractivity contribution in [1.29, 1.82) is 5.26 Å². The summed E-state index contributed by atoms with van der Waals surface area (Å²) in [7, 11) is 0. The molecule has 0 aliphatic carbocycles. The lowest BCUT2D eigenvalue weighted by Crippen LogP contribution is -2.46. The maximum Gasteiger partial charge on any atom is 0.407 e. The monoisotopic (exact) mass is 494 g/mol. The van der Waals surface area contributed by atoms with Crippen molar-refractivity contribution in [1.82, 2.24) is 9.80 Å². The molecular formula is C27H31FN4O4. The van der Waals surface area contributed by atoms with Gasteiger partial charge in [0.25, 0.3) is 0 Å². The van der Waals surface area contributed by atoms with Crippen molar-refractivity contribution in [2.75, 3.05) is 26.2 Å². The number of likely N-dealkylation sites (tertiary alicyclic amines) is 2. The molecule has 9 heteroatoms. The molecular weight excluding hydrogens is 463 g/mol. The van der Waals surface area contributed by atoms with Crippen molar-refractivity contribution < 1.29 is 23.8 Å². The summed E-state index contributed by atoms with van der Waals surface area (Å²) in [5, 5.41) is 18.2. The van der Waals surface area contributed by atoms with Gasteiger partial charge in [-0.15, -0.1) is 0 Å². The summed E-state index contributed by atoms with van der Waals surface area (Å²) in [5.74, 6) is 0.280. The number of carbonyl (C=O) groups excluding carboxylic acids is 1. The Morgan fingerprint density at radius 3 is 2.44 bits per heavy atom. The quantitative estimate of drug-likeness (QED) is 0.606. The van der Waals surface area contributed by atoms with Gasteiger partial charge in [-0.25, -0.2) is 9.18 Å². The van der Waals surface area contributed by atoms with Crippen LogP contribution in [0, 0.1) is 23.1 Å². The molecule has 2 aliphatic heterocycles. The molecule has 36 heavy (non-hydrogen) atoms. The van der Waals surface area contributed by atoms with E-state index in [9.17, 15) is 19.2 Å². The van der Waals surface area contributed by atoms with Gasteiger partial charge in [0.1, 0.15) is 17.6 Å². The number of hydrogen-bond acceptors (Lipinski definition) is 5. The number of benzene rings is 2. The number of rotatable bonds is 7. The topological polar surface area (TPSA) is 120 Å². The van der Waals surface area contributed by atoms with Crippen molar-refractivity contribution in [2.45, 2.75) is 44.2 Å². The maximum atomic E-state index is 14.9. The molecule has 2 atom stereocenters. The van der Waals surface area contributed by atoms with E-state index in [-0.39, 0.29) is 12.3 Å². The number of nitrogens with zero attached hydrogens (tertiary/aromatic N) is 3. The first-order chi connectivity index (χ1) is 17.4. The number of halogens is 1. The molecule has 0 spiro atoms. The molecule has 0 bridgehead atoms. The second-order valence-electron chi connectivity index (χ2n) is 9.48. The van der Waals surface area contributed by atoms with Crippen molar-refractivity contribution in [3.63, 3.8) is 0 Å². The Labute approximate surface area is 210 Å². The number of piperidine rings is 1. The van der Waals surface area contributed by atoms with E-state index < -0.39 is 24.0 Å². The van der Waals surface area contributed by atoms with Gasteiger partial charge in [0.2, 0.25) is 5.91 Å². The van der Waals surface area contributed by atoms with Crippen molar-refractivity contribution in [3.05, 3.63) is 53.8 Å². The van der Waals surface area contributed by atoms with Gasteiger partial charge in [-0.2, -0.15) is 5.26 Å². The smallest absolute Gasteiger partial charge is 0.407 e. The molecule has 2 heterocycles. The maximum absolute atomic E-state index is 14.9. The predicted octanol–water partition coefficient (Wildman–Crippen LogP) is 3.65. The molecule has 3 N–H and O–H groups in total. The molecule has 2 aromatic rings. The molecule has 2 aromatic carbocycles. The third kappa shape index (κ3) is 5.94. The molecule has 0 saturated carbocycles. The largest absolute Gasteiger partial charge is 0.493 e. The van der Waals surface area contributed by atoms with Crippen LogP contribution >= 0.6 is 0 Å². The number of nitriles is 1. The highest BCUT2D eigenvalue weighted by Gasteiger charge is 2.32. The number of hydrogen-bond donors (Lipinski definition) is 2. The van der Waals surface area contributed by atoms with E-state index in [4.69, 9.17) is 15.6 Å². The lowest BCUT2D eigenvalue weighted by Gasteiger charge is -2.29. The van der Waals surface area contributed by atoms with Crippen LogP contribution < -0.4 is 10.5 Å². The number of nitrogens with two attached hydrogens (primary N) is 1. The summed E-state index contributed by atoms with van der Waals surface area (Å²) < 4.78 is 20.8. The lowest BCUT2D eigenvalue weighted by atomic mass is 9.98. The molecule has 190 valence electrons. The van der Waals surface area contributed by atoms with Gasteiger partial charge >= 0.3 is 6.09 Å². The van der Waals surface area contributed by atoms with Gasteiger partial charge in [-0.3, -0.25) is 4.79 Å². The van der Waals surface area contributed by atoms with Crippen LogP contribution in [0.1, 0.15) is 31.2 Å². The fraction of sp³-hybridized carbons (Fsp3) is 0.444. The Hall–Kier alpha value is -3.64. The number of ether oxygens (including phenoxy) is 1. The van der Waals surface area contributed by atoms with E-state index in [0.717, 1.165) is 24.8 Å². The summed E-state index contributed by atoms with van der Waals surface area (Å²) in [6.07, 6.45) is 2.17. The lowest BCUT2D eigenvalue weighted by molar-refractivity contribution is -0.132. The molecule has 2 saturated heterocycles. The van der Waals surface area contributed by atoms with Crippen molar-refractivity contribution in [3.8, 4) is 22.9 Å².